The zero-order valence-corrected chi connectivity index (χ0v) is 9.76. The summed E-state index contributed by atoms with van der Waals surface area (Å²) in [7, 11) is 0. The van der Waals surface area contributed by atoms with Gasteiger partial charge in [-0.05, 0) is 18.9 Å². The van der Waals surface area contributed by atoms with Gasteiger partial charge in [-0.2, -0.15) is 5.10 Å². The smallest absolute Gasteiger partial charge is 0.271 e. The molecule has 1 saturated heterocycles. The molecule has 0 radical (unpaired) electrons. The van der Waals surface area contributed by atoms with Gasteiger partial charge in [0.1, 0.15) is 5.69 Å². The van der Waals surface area contributed by atoms with E-state index in [1.165, 1.54) is 25.7 Å². The van der Waals surface area contributed by atoms with Gasteiger partial charge in [0.15, 0.2) is 0 Å². The molecule has 0 unspecified atom stereocenters. The number of aromatic nitrogens is 2. The predicted octanol–water partition coefficient (Wildman–Crippen LogP) is 1.13. The lowest BCUT2D eigenvalue weighted by Gasteiger charge is -2.08. The lowest BCUT2D eigenvalue weighted by molar-refractivity contribution is 0.0944. The van der Waals surface area contributed by atoms with E-state index in [4.69, 9.17) is 4.74 Å². The van der Waals surface area contributed by atoms with Crippen LogP contribution in [0, 0.1) is 0 Å². The fourth-order valence-electron chi connectivity index (χ4n) is 2.31. The van der Waals surface area contributed by atoms with Crippen LogP contribution < -0.4 is 5.32 Å². The van der Waals surface area contributed by atoms with Gasteiger partial charge in [-0.3, -0.25) is 9.48 Å². The van der Waals surface area contributed by atoms with Crippen LogP contribution in [-0.2, 0) is 4.74 Å². The summed E-state index contributed by atoms with van der Waals surface area (Å²) in [5.74, 6) is -0.0998. The summed E-state index contributed by atoms with van der Waals surface area (Å²) >= 11 is 0. The van der Waals surface area contributed by atoms with Gasteiger partial charge in [-0.1, -0.05) is 12.8 Å². The maximum atomic E-state index is 11.8. The Kier molecular flexibility index (Phi) is 2.84. The van der Waals surface area contributed by atoms with E-state index in [1.807, 2.05) is 10.9 Å². The Labute approximate surface area is 100 Å². The van der Waals surface area contributed by atoms with Gasteiger partial charge >= 0.3 is 0 Å². The Bertz CT molecular complexity index is 406. The van der Waals surface area contributed by atoms with Gasteiger partial charge in [-0.25, -0.2) is 0 Å². The number of nitrogens with zero attached hydrogens (tertiary/aromatic N) is 2. The Hall–Kier alpha value is -1.36. The zero-order valence-electron chi connectivity index (χ0n) is 9.76. The Balaban J connectivity index is 1.60. The second-order valence-corrected chi connectivity index (χ2v) is 4.78. The first kappa shape index (κ1) is 10.8. The third-order valence-corrected chi connectivity index (χ3v) is 3.43. The first-order valence-corrected chi connectivity index (χ1v) is 6.28. The van der Waals surface area contributed by atoms with Crippen LogP contribution in [0.1, 0.15) is 42.2 Å². The normalized spacial score (nSPS) is 23.9. The van der Waals surface area contributed by atoms with Gasteiger partial charge < -0.3 is 10.1 Å². The average molecular weight is 235 g/mol. The second-order valence-electron chi connectivity index (χ2n) is 4.78. The second kappa shape index (κ2) is 4.49. The van der Waals surface area contributed by atoms with Crippen LogP contribution in [0.4, 0.5) is 0 Å². The van der Waals surface area contributed by atoms with E-state index in [0.29, 0.717) is 18.3 Å². The molecule has 0 spiro atoms. The van der Waals surface area contributed by atoms with Gasteiger partial charge in [0.2, 0.25) is 0 Å². The number of amides is 1. The number of hydrogen-bond acceptors (Lipinski definition) is 3. The highest BCUT2D eigenvalue weighted by atomic mass is 16.6. The summed E-state index contributed by atoms with van der Waals surface area (Å²) in [5, 5.41) is 7.18. The van der Waals surface area contributed by atoms with E-state index in [0.717, 1.165) is 6.61 Å². The number of nitrogens with one attached hydrogen (secondary N) is 1. The highest BCUT2D eigenvalue weighted by Gasteiger charge is 2.24. The molecule has 2 aliphatic rings. The van der Waals surface area contributed by atoms with Crippen LogP contribution >= 0.6 is 0 Å². The van der Waals surface area contributed by atoms with Gasteiger partial charge in [0.25, 0.3) is 5.91 Å². The van der Waals surface area contributed by atoms with Crippen molar-refractivity contribution in [2.75, 3.05) is 13.2 Å². The van der Waals surface area contributed by atoms with Crippen molar-refractivity contribution in [3.05, 3.63) is 18.0 Å². The molecule has 1 aliphatic heterocycles. The molecule has 0 bridgehead atoms. The van der Waals surface area contributed by atoms with Crippen molar-refractivity contribution in [1.29, 1.82) is 0 Å². The van der Waals surface area contributed by atoms with E-state index in [2.05, 4.69) is 10.4 Å². The van der Waals surface area contributed by atoms with Crippen LogP contribution in [0.2, 0.25) is 0 Å². The summed E-state index contributed by atoms with van der Waals surface area (Å²) in [6, 6.07) is 2.28. The Morgan fingerprint density at radius 2 is 2.29 bits per heavy atom. The van der Waals surface area contributed by atoms with Crippen molar-refractivity contribution in [3.8, 4) is 0 Å². The maximum absolute atomic E-state index is 11.8. The minimum atomic E-state index is -0.0998. The number of carbonyl (C=O) groups excluding carboxylic acids is 1. The predicted molar refractivity (Wildman–Crippen MR) is 61.8 cm³/mol. The third kappa shape index (κ3) is 2.49. The maximum Gasteiger partial charge on any atom is 0.271 e. The summed E-state index contributed by atoms with van der Waals surface area (Å²) in [4.78, 5) is 11.8. The number of carbonyl (C=O) groups is 1. The quantitative estimate of drug-likeness (QED) is 0.796. The van der Waals surface area contributed by atoms with Crippen molar-refractivity contribution in [2.24, 2.45) is 0 Å². The zero-order chi connectivity index (χ0) is 11.7. The fraction of sp³-hybridized carbons (Fsp3) is 0.667. The first-order valence-electron chi connectivity index (χ1n) is 6.28. The molecule has 1 aromatic heterocycles. The number of rotatable bonds is 4. The molecule has 1 amide bonds. The van der Waals surface area contributed by atoms with Crippen LogP contribution in [0.5, 0.6) is 0 Å². The molecule has 1 N–H and O–H groups in total. The average Bonchev–Trinajstić information content (AvgIpc) is 2.85. The van der Waals surface area contributed by atoms with Crippen molar-refractivity contribution in [2.45, 2.75) is 37.8 Å². The molecule has 5 nitrogen and oxygen atoms in total. The summed E-state index contributed by atoms with van der Waals surface area (Å²) in [6.07, 6.45) is 7.03. The first-order chi connectivity index (χ1) is 8.33. The molecular weight excluding hydrogens is 218 g/mol. The highest BCUT2D eigenvalue weighted by molar-refractivity contribution is 5.92. The summed E-state index contributed by atoms with van der Waals surface area (Å²) in [6.45, 7) is 1.35. The monoisotopic (exact) mass is 235 g/mol. The van der Waals surface area contributed by atoms with Gasteiger partial charge in [0, 0.05) is 12.7 Å². The Morgan fingerprint density at radius 1 is 1.53 bits per heavy atom. The molecule has 92 valence electrons. The fourth-order valence-corrected chi connectivity index (χ4v) is 2.31. The van der Waals surface area contributed by atoms with E-state index < -0.39 is 0 Å². The SMILES string of the molecule is O=C(NC[C@H]1CO1)c1ccn(C2CCCC2)n1. The van der Waals surface area contributed by atoms with Crippen LogP contribution in [0.15, 0.2) is 12.3 Å². The molecule has 1 aromatic rings. The topological polar surface area (TPSA) is 59.5 Å². The van der Waals surface area contributed by atoms with Gasteiger partial charge in [0.05, 0.1) is 18.8 Å². The lowest BCUT2D eigenvalue weighted by atomic mass is 10.3. The van der Waals surface area contributed by atoms with Crippen molar-refractivity contribution in [1.82, 2.24) is 15.1 Å². The molecule has 17 heavy (non-hydrogen) atoms. The van der Waals surface area contributed by atoms with Gasteiger partial charge in [-0.15, -0.1) is 0 Å². The molecular formula is C12H17N3O2. The number of epoxide rings is 1. The summed E-state index contributed by atoms with van der Waals surface area (Å²) < 4.78 is 6.98. The van der Waals surface area contributed by atoms with Crippen LogP contribution in [0.25, 0.3) is 0 Å². The summed E-state index contributed by atoms with van der Waals surface area (Å²) in [5.41, 5.74) is 0.512. The molecule has 2 heterocycles. The van der Waals surface area contributed by atoms with Crippen molar-refractivity contribution >= 4 is 5.91 Å². The Morgan fingerprint density at radius 3 is 3.00 bits per heavy atom. The highest BCUT2D eigenvalue weighted by Crippen LogP contribution is 2.28. The van der Waals surface area contributed by atoms with Crippen molar-refractivity contribution in [3.63, 3.8) is 0 Å². The molecule has 1 saturated carbocycles. The molecule has 3 rings (SSSR count). The number of ether oxygens (including phenoxy) is 1. The van der Waals surface area contributed by atoms with E-state index in [9.17, 15) is 4.79 Å². The van der Waals surface area contributed by atoms with Crippen LogP contribution in [0.3, 0.4) is 0 Å². The number of hydrogen-bond donors (Lipinski definition) is 1. The van der Waals surface area contributed by atoms with E-state index >= 15 is 0 Å². The molecule has 2 fully saturated rings. The third-order valence-electron chi connectivity index (χ3n) is 3.43. The van der Waals surface area contributed by atoms with Crippen LogP contribution in [-0.4, -0.2) is 34.9 Å². The van der Waals surface area contributed by atoms with E-state index in [1.54, 1.807) is 6.07 Å². The molecule has 1 aliphatic carbocycles. The molecule has 1 atom stereocenters. The molecule has 5 heteroatoms. The molecule has 0 aromatic carbocycles. The largest absolute Gasteiger partial charge is 0.371 e. The minimum Gasteiger partial charge on any atom is -0.371 e. The standard InChI is InChI=1S/C12H17N3O2/c16-12(13-7-10-8-17-10)11-5-6-15(14-11)9-3-1-2-4-9/h5-6,9-10H,1-4,7-8H2,(H,13,16)/t10-/m0/s1. The minimum absolute atomic E-state index is 0.0998. The van der Waals surface area contributed by atoms with Crippen molar-refractivity contribution < 1.29 is 9.53 Å². The lowest BCUT2D eigenvalue weighted by Crippen LogP contribution is -2.28. The van der Waals surface area contributed by atoms with E-state index in [-0.39, 0.29) is 12.0 Å².